The molecule has 0 unspecified atom stereocenters. The van der Waals surface area contributed by atoms with Crippen LogP contribution >= 0.6 is 24.8 Å². The van der Waals surface area contributed by atoms with Gasteiger partial charge in [-0.05, 0) is 31.0 Å². The van der Waals surface area contributed by atoms with Crippen LogP contribution in [-0.4, -0.2) is 34.2 Å². The van der Waals surface area contributed by atoms with Gasteiger partial charge in [-0.1, -0.05) is 6.07 Å². The molecule has 1 aliphatic rings. The van der Waals surface area contributed by atoms with Gasteiger partial charge in [0.25, 0.3) is 0 Å². The minimum atomic E-state index is -0.844. The summed E-state index contributed by atoms with van der Waals surface area (Å²) in [6.07, 6.45) is 6.36. The van der Waals surface area contributed by atoms with E-state index >= 15 is 0 Å². The average Bonchev–Trinajstić information content (AvgIpc) is 3.02. The SMILES string of the molecule is Cl.Cl.NC1(C(=O)Nc2cccc(-n3ccnc3)c2)CCOCC1. The fraction of sp³-hybridized carbons (Fsp3) is 0.333. The maximum Gasteiger partial charge on any atom is 0.244 e. The summed E-state index contributed by atoms with van der Waals surface area (Å²) in [5.41, 5.74) is 6.99. The van der Waals surface area contributed by atoms with Crippen LogP contribution in [0.3, 0.4) is 0 Å². The van der Waals surface area contributed by atoms with Crippen molar-refractivity contribution in [3.8, 4) is 5.69 Å². The number of nitrogens with zero attached hydrogens (tertiary/aromatic N) is 2. The van der Waals surface area contributed by atoms with Crippen molar-refractivity contribution in [3.63, 3.8) is 0 Å². The number of hydrogen-bond acceptors (Lipinski definition) is 4. The quantitative estimate of drug-likeness (QED) is 0.880. The number of hydrogen-bond donors (Lipinski definition) is 2. The molecule has 126 valence electrons. The normalized spacial score (nSPS) is 15.9. The molecular weight excluding hydrogens is 339 g/mol. The van der Waals surface area contributed by atoms with Crippen LogP contribution in [0.25, 0.3) is 5.69 Å². The number of rotatable bonds is 3. The largest absolute Gasteiger partial charge is 0.381 e. The Hall–Kier alpha value is -1.60. The van der Waals surface area contributed by atoms with Crippen molar-refractivity contribution in [2.45, 2.75) is 18.4 Å². The van der Waals surface area contributed by atoms with E-state index < -0.39 is 5.54 Å². The van der Waals surface area contributed by atoms with Crippen LogP contribution in [0.4, 0.5) is 5.69 Å². The lowest BCUT2D eigenvalue weighted by atomic mass is 9.90. The molecule has 8 heteroatoms. The van der Waals surface area contributed by atoms with E-state index in [1.54, 1.807) is 12.5 Å². The van der Waals surface area contributed by atoms with Crippen molar-refractivity contribution in [1.82, 2.24) is 9.55 Å². The van der Waals surface area contributed by atoms with Gasteiger partial charge >= 0.3 is 0 Å². The van der Waals surface area contributed by atoms with Crippen molar-refractivity contribution >= 4 is 36.4 Å². The second-order valence-electron chi connectivity index (χ2n) is 5.24. The minimum absolute atomic E-state index is 0. The van der Waals surface area contributed by atoms with E-state index in [2.05, 4.69) is 10.3 Å². The highest BCUT2D eigenvalue weighted by atomic mass is 35.5. The molecule has 1 saturated heterocycles. The fourth-order valence-electron chi connectivity index (χ4n) is 2.37. The number of carbonyl (C=O) groups excluding carboxylic acids is 1. The number of nitrogens with two attached hydrogens (primary N) is 1. The summed E-state index contributed by atoms with van der Waals surface area (Å²) in [5, 5.41) is 2.90. The first-order chi connectivity index (χ1) is 10.2. The average molecular weight is 359 g/mol. The second kappa shape index (κ2) is 8.31. The molecule has 2 heterocycles. The van der Waals surface area contributed by atoms with E-state index in [0.717, 1.165) is 11.4 Å². The van der Waals surface area contributed by atoms with Crippen molar-refractivity contribution in [3.05, 3.63) is 43.0 Å². The van der Waals surface area contributed by atoms with E-state index in [-0.39, 0.29) is 30.7 Å². The summed E-state index contributed by atoms with van der Waals surface area (Å²) < 4.78 is 7.14. The molecule has 2 aromatic rings. The molecule has 0 saturated carbocycles. The van der Waals surface area contributed by atoms with Crippen LogP contribution in [0.1, 0.15) is 12.8 Å². The number of amides is 1. The molecule has 0 bridgehead atoms. The van der Waals surface area contributed by atoms with E-state index in [9.17, 15) is 4.79 Å². The fourth-order valence-corrected chi connectivity index (χ4v) is 2.37. The lowest BCUT2D eigenvalue weighted by molar-refractivity contribution is -0.124. The Bertz CT molecular complexity index is 628. The Labute approximate surface area is 147 Å². The predicted octanol–water partition coefficient (Wildman–Crippen LogP) is 2.16. The Morgan fingerprint density at radius 3 is 2.70 bits per heavy atom. The third kappa shape index (κ3) is 4.45. The molecule has 1 aliphatic heterocycles. The number of benzene rings is 1. The van der Waals surface area contributed by atoms with Gasteiger partial charge in [0, 0.05) is 37.0 Å². The zero-order chi connectivity index (χ0) is 14.7. The summed E-state index contributed by atoms with van der Waals surface area (Å²) >= 11 is 0. The first-order valence-electron chi connectivity index (χ1n) is 6.94. The van der Waals surface area contributed by atoms with Gasteiger partial charge in [-0.15, -0.1) is 24.8 Å². The number of aromatic nitrogens is 2. The van der Waals surface area contributed by atoms with Gasteiger partial charge in [-0.2, -0.15) is 0 Å². The summed E-state index contributed by atoms with van der Waals surface area (Å²) in [6.45, 7) is 1.05. The lowest BCUT2D eigenvalue weighted by Crippen LogP contribution is -2.54. The van der Waals surface area contributed by atoms with Crippen molar-refractivity contribution in [2.75, 3.05) is 18.5 Å². The number of anilines is 1. The van der Waals surface area contributed by atoms with Crippen LogP contribution in [0, 0.1) is 0 Å². The molecule has 1 amide bonds. The number of ether oxygens (including phenoxy) is 1. The first-order valence-corrected chi connectivity index (χ1v) is 6.94. The summed E-state index contributed by atoms with van der Waals surface area (Å²) in [5.74, 6) is -0.159. The van der Waals surface area contributed by atoms with E-state index in [1.807, 2.05) is 35.0 Å². The third-order valence-electron chi connectivity index (χ3n) is 3.74. The minimum Gasteiger partial charge on any atom is -0.381 e. The molecule has 6 nitrogen and oxygen atoms in total. The zero-order valence-electron chi connectivity index (χ0n) is 12.5. The van der Waals surface area contributed by atoms with Crippen LogP contribution in [-0.2, 0) is 9.53 Å². The molecule has 3 N–H and O–H groups in total. The Morgan fingerprint density at radius 1 is 1.30 bits per heavy atom. The molecule has 0 atom stereocenters. The molecular formula is C15H20Cl2N4O2. The van der Waals surface area contributed by atoms with E-state index in [0.29, 0.717) is 26.1 Å². The van der Waals surface area contributed by atoms with E-state index in [1.165, 1.54) is 0 Å². The maximum atomic E-state index is 12.4. The topological polar surface area (TPSA) is 82.2 Å². The van der Waals surface area contributed by atoms with Gasteiger partial charge in [-0.25, -0.2) is 4.98 Å². The highest BCUT2D eigenvalue weighted by molar-refractivity contribution is 5.98. The van der Waals surface area contributed by atoms with Crippen molar-refractivity contribution in [1.29, 1.82) is 0 Å². The Morgan fingerprint density at radius 2 is 2.04 bits per heavy atom. The molecule has 0 radical (unpaired) electrons. The van der Waals surface area contributed by atoms with Gasteiger partial charge in [-0.3, -0.25) is 4.79 Å². The second-order valence-corrected chi connectivity index (χ2v) is 5.24. The summed E-state index contributed by atoms with van der Waals surface area (Å²) in [6, 6.07) is 7.57. The Kier molecular flexibility index (Phi) is 7.02. The predicted molar refractivity (Wildman–Crippen MR) is 93.7 cm³/mol. The molecule has 3 rings (SSSR count). The van der Waals surface area contributed by atoms with Gasteiger partial charge in [0.1, 0.15) is 5.54 Å². The van der Waals surface area contributed by atoms with Gasteiger partial charge in [0.15, 0.2) is 0 Å². The first kappa shape index (κ1) is 19.4. The standard InChI is InChI=1S/C15H18N4O2.2ClH/c16-15(4-8-21-9-5-15)14(20)18-12-2-1-3-13(10-12)19-7-6-17-11-19;;/h1-3,6-7,10-11H,4-5,8-9,16H2,(H,18,20);2*1H. The van der Waals surface area contributed by atoms with E-state index in [4.69, 9.17) is 10.5 Å². The monoisotopic (exact) mass is 358 g/mol. The highest BCUT2D eigenvalue weighted by Gasteiger charge is 2.35. The lowest BCUT2D eigenvalue weighted by Gasteiger charge is -2.31. The van der Waals surface area contributed by atoms with Crippen LogP contribution < -0.4 is 11.1 Å². The third-order valence-corrected chi connectivity index (χ3v) is 3.74. The smallest absolute Gasteiger partial charge is 0.244 e. The van der Waals surface area contributed by atoms with Crippen LogP contribution in [0.5, 0.6) is 0 Å². The van der Waals surface area contributed by atoms with Crippen molar-refractivity contribution < 1.29 is 9.53 Å². The number of halogens is 2. The molecule has 1 aromatic heterocycles. The zero-order valence-corrected chi connectivity index (χ0v) is 14.1. The highest BCUT2D eigenvalue weighted by Crippen LogP contribution is 2.21. The van der Waals surface area contributed by atoms with Gasteiger partial charge in [0.2, 0.25) is 5.91 Å². The van der Waals surface area contributed by atoms with Crippen LogP contribution in [0.2, 0.25) is 0 Å². The molecule has 0 spiro atoms. The number of nitrogens with one attached hydrogen (secondary N) is 1. The molecule has 23 heavy (non-hydrogen) atoms. The molecule has 0 aliphatic carbocycles. The summed E-state index contributed by atoms with van der Waals surface area (Å²) in [7, 11) is 0. The van der Waals surface area contributed by atoms with Gasteiger partial charge < -0.3 is 20.4 Å². The van der Waals surface area contributed by atoms with Gasteiger partial charge in [0.05, 0.1) is 6.33 Å². The number of carbonyl (C=O) groups is 1. The molecule has 1 aromatic carbocycles. The van der Waals surface area contributed by atoms with Crippen molar-refractivity contribution in [2.24, 2.45) is 5.73 Å². The van der Waals surface area contributed by atoms with Crippen LogP contribution in [0.15, 0.2) is 43.0 Å². The maximum absolute atomic E-state index is 12.4. The summed E-state index contributed by atoms with van der Waals surface area (Å²) in [4.78, 5) is 16.4. The Balaban J connectivity index is 0.00000132. The molecule has 1 fully saturated rings. The number of imidazole rings is 1.